The second-order valence-corrected chi connectivity index (χ2v) is 6.64. The first-order valence-electron chi connectivity index (χ1n) is 8.79. The minimum absolute atomic E-state index is 0.0651. The fourth-order valence-corrected chi connectivity index (χ4v) is 2.91. The summed E-state index contributed by atoms with van der Waals surface area (Å²) in [6.45, 7) is 4.88. The number of nitrogens with zero attached hydrogens (tertiary/aromatic N) is 1. The van der Waals surface area contributed by atoms with Crippen LogP contribution in [0.2, 0.25) is 0 Å². The van der Waals surface area contributed by atoms with E-state index in [9.17, 15) is 15.2 Å². The molecule has 0 spiro atoms. The molecular formula is C21H21BrN2O4. The topological polar surface area (TPSA) is 91.6 Å². The van der Waals surface area contributed by atoms with Crippen LogP contribution >= 0.6 is 15.9 Å². The van der Waals surface area contributed by atoms with Crippen molar-refractivity contribution in [1.82, 2.24) is 0 Å². The molecule has 146 valence electrons. The predicted octanol–water partition coefficient (Wildman–Crippen LogP) is 4.89. The highest BCUT2D eigenvalue weighted by molar-refractivity contribution is 9.10. The van der Waals surface area contributed by atoms with E-state index in [1.54, 1.807) is 24.3 Å². The highest BCUT2D eigenvalue weighted by Crippen LogP contribution is 2.37. The van der Waals surface area contributed by atoms with E-state index < -0.39 is 5.91 Å². The van der Waals surface area contributed by atoms with Crippen molar-refractivity contribution in [2.24, 2.45) is 0 Å². The van der Waals surface area contributed by atoms with Gasteiger partial charge in [0.15, 0.2) is 11.5 Å². The Morgan fingerprint density at radius 3 is 2.57 bits per heavy atom. The summed E-state index contributed by atoms with van der Waals surface area (Å²) in [4.78, 5) is 12.4. The maximum Gasteiger partial charge on any atom is 0.266 e. The Morgan fingerprint density at radius 1 is 1.25 bits per heavy atom. The molecule has 7 heteroatoms. The molecule has 0 aliphatic heterocycles. The summed E-state index contributed by atoms with van der Waals surface area (Å²) in [5.41, 5.74) is 1.03. The molecule has 0 bridgehead atoms. The summed E-state index contributed by atoms with van der Waals surface area (Å²) in [7, 11) is 0. The van der Waals surface area contributed by atoms with Crippen molar-refractivity contribution >= 4 is 33.6 Å². The molecule has 0 aromatic heterocycles. The molecule has 6 nitrogen and oxygen atoms in total. The zero-order valence-corrected chi connectivity index (χ0v) is 17.2. The van der Waals surface area contributed by atoms with Crippen LogP contribution in [0.25, 0.3) is 6.08 Å². The molecule has 1 amide bonds. The van der Waals surface area contributed by atoms with Gasteiger partial charge in [0.25, 0.3) is 5.91 Å². The number of ether oxygens (including phenoxy) is 2. The van der Waals surface area contributed by atoms with Crippen molar-refractivity contribution in [2.75, 3.05) is 18.5 Å². The number of rotatable bonds is 8. The summed E-state index contributed by atoms with van der Waals surface area (Å²) < 4.78 is 12.1. The molecular weight excluding hydrogens is 424 g/mol. The first-order chi connectivity index (χ1) is 13.5. The molecule has 0 aliphatic rings. The van der Waals surface area contributed by atoms with Crippen molar-refractivity contribution in [3.8, 4) is 23.3 Å². The molecule has 0 aliphatic carbocycles. The average Bonchev–Trinajstić information content (AvgIpc) is 2.67. The molecule has 0 saturated heterocycles. The van der Waals surface area contributed by atoms with Crippen LogP contribution in [0.4, 0.5) is 5.69 Å². The van der Waals surface area contributed by atoms with Crippen LogP contribution < -0.4 is 14.8 Å². The number of carbonyl (C=O) groups is 1. The van der Waals surface area contributed by atoms with E-state index >= 15 is 0 Å². The van der Waals surface area contributed by atoms with Gasteiger partial charge in [-0.25, -0.2) is 0 Å². The first kappa shape index (κ1) is 21.3. The Balaban J connectivity index is 2.30. The van der Waals surface area contributed by atoms with Gasteiger partial charge in [-0.1, -0.05) is 6.92 Å². The number of carbonyl (C=O) groups excluding carboxylic acids is 1. The zero-order chi connectivity index (χ0) is 20.5. The summed E-state index contributed by atoms with van der Waals surface area (Å²) >= 11 is 3.47. The molecule has 28 heavy (non-hydrogen) atoms. The van der Waals surface area contributed by atoms with E-state index in [-0.39, 0.29) is 11.3 Å². The van der Waals surface area contributed by atoms with E-state index in [1.807, 2.05) is 19.9 Å². The Kier molecular flexibility index (Phi) is 7.90. The zero-order valence-electron chi connectivity index (χ0n) is 15.7. The molecule has 0 atom stereocenters. The highest BCUT2D eigenvalue weighted by Gasteiger charge is 2.14. The maximum absolute atomic E-state index is 12.4. The molecule has 0 radical (unpaired) electrons. The van der Waals surface area contributed by atoms with E-state index in [2.05, 4.69) is 21.2 Å². The second kappa shape index (κ2) is 10.4. The van der Waals surface area contributed by atoms with Gasteiger partial charge in [0.05, 0.1) is 17.7 Å². The third-order valence-corrected chi connectivity index (χ3v) is 4.17. The minimum Gasteiger partial charge on any atom is -0.508 e. The smallest absolute Gasteiger partial charge is 0.266 e. The number of phenols is 1. The van der Waals surface area contributed by atoms with Crippen LogP contribution in [0.1, 0.15) is 25.8 Å². The van der Waals surface area contributed by atoms with Gasteiger partial charge in [-0.3, -0.25) is 4.79 Å². The van der Waals surface area contributed by atoms with Crippen molar-refractivity contribution in [2.45, 2.75) is 20.3 Å². The Bertz CT molecular complexity index is 902. The van der Waals surface area contributed by atoms with E-state index in [1.165, 1.54) is 18.2 Å². The number of phenolic OH excluding ortho intramolecular Hbond substituents is 1. The third-order valence-electron chi connectivity index (χ3n) is 3.58. The van der Waals surface area contributed by atoms with Crippen LogP contribution in [0.5, 0.6) is 17.2 Å². The molecule has 0 fully saturated rings. The Hall–Kier alpha value is -2.98. The first-order valence-corrected chi connectivity index (χ1v) is 9.59. The molecule has 0 unspecified atom stereocenters. The normalized spacial score (nSPS) is 10.9. The van der Waals surface area contributed by atoms with Crippen LogP contribution in [0.3, 0.4) is 0 Å². The molecule has 2 N–H and O–H groups in total. The van der Waals surface area contributed by atoms with E-state index in [0.29, 0.717) is 40.4 Å². The number of hydrogen-bond acceptors (Lipinski definition) is 5. The fraction of sp³-hybridized carbons (Fsp3) is 0.238. The van der Waals surface area contributed by atoms with Gasteiger partial charge in [-0.2, -0.15) is 5.26 Å². The van der Waals surface area contributed by atoms with Crippen LogP contribution in [-0.2, 0) is 4.79 Å². The van der Waals surface area contributed by atoms with Crippen LogP contribution in [-0.4, -0.2) is 24.2 Å². The maximum atomic E-state index is 12.4. The summed E-state index contributed by atoms with van der Waals surface area (Å²) in [6.07, 6.45) is 2.34. The van der Waals surface area contributed by atoms with Crippen molar-refractivity contribution in [1.29, 1.82) is 5.26 Å². The van der Waals surface area contributed by atoms with Crippen molar-refractivity contribution in [3.63, 3.8) is 0 Å². The van der Waals surface area contributed by atoms with Crippen molar-refractivity contribution in [3.05, 3.63) is 52.0 Å². The van der Waals surface area contributed by atoms with E-state index in [0.717, 1.165) is 6.42 Å². The van der Waals surface area contributed by atoms with Crippen molar-refractivity contribution < 1.29 is 19.4 Å². The summed E-state index contributed by atoms with van der Waals surface area (Å²) in [5.74, 6) is 0.669. The number of benzene rings is 2. The molecule has 2 rings (SSSR count). The Labute approximate surface area is 172 Å². The number of amides is 1. The molecule has 0 heterocycles. The Morgan fingerprint density at radius 2 is 1.96 bits per heavy atom. The SMILES string of the molecule is CCCOc1c(Br)cc(C=C(C#N)C(=O)Nc2ccc(O)cc2)cc1OCC. The van der Waals surface area contributed by atoms with Gasteiger partial charge < -0.3 is 19.9 Å². The minimum atomic E-state index is -0.548. The lowest BCUT2D eigenvalue weighted by Gasteiger charge is -2.14. The number of nitrogens with one attached hydrogen (secondary N) is 1. The molecule has 0 saturated carbocycles. The summed E-state index contributed by atoms with van der Waals surface area (Å²) in [6, 6.07) is 11.4. The number of aromatic hydroxyl groups is 1. The number of anilines is 1. The summed E-state index contributed by atoms with van der Waals surface area (Å²) in [5, 5.41) is 21.3. The largest absolute Gasteiger partial charge is 0.508 e. The van der Waals surface area contributed by atoms with Gasteiger partial charge in [0.2, 0.25) is 0 Å². The number of hydrogen-bond donors (Lipinski definition) is 2. The fourth-order valence-electron chi connectivity index (χ4n) is 2.34. The standard InChI is InChI=1S/C21H21BrN2O4/c1-3-9-28-20-18(22)11-14(12-19(20)27-4-2)10-15(13-23)21(26)24-16-5-7-17(25)8-6-16/h5-8,10-12,25H,3-4,9H2,1-2H3,(H,24,26). The van der Waals surface area contributed by atoms with E-state index in [4.69, 9.17) is 9.47 Å². The number of halogens is 1. The van der Waals surface area contributed by atoms with Gasteiger partial charge in [-0.05, 0) is 77.3 Å². The van der Waals surface area contributed by atoms with Gasteiger partial charge in [-0.15, -0.1) is 0 Å². The lowest BCUT2D eigenvalue weighted by Crippen LogP contribution is -2.13. The monoisotopic (exact) mass is 444 g/mol. The van der Waals surface area contributed by atoms with Gasteiger partial charge in [0.1, 0.15) is 17.4 Å². The second-order valence-electron chi connectivity index (χ2n) is 5.78. The third kappa shape index (κ3) is 5.76. The quantitative estimate of drug-likeness (QED) is 0.343. The van der Waals surface area contributed by atoms with Crippen LogP contribution in [0, 0.1) is 11.3 Å². The lowest BCUT2D eigenvalue weighted by atomic mass is 10.1. The average molecular weight is 445 g/mol. The van der Waals surface area contributed by atoms with Gasteiger partial charge in [0, 0.05) is 5.69 Å². The lowest BCUT2D eigenvalue weighted by molar-refractivity contribution is -0.112. The molecule has 2 aromatic rings. The number of nitriles is 1. The van der Waals surface area contributed by atoms with Crippen LogP contribution in [0.15, 0.2) is 46.4 Å². The van der Waals surface area contributed by atoms with Gasteiger partial charge >= 0.3 is 0 Å². The highest BCUT2D eigenvalue weighted by atomic mass is 79.9. The molecule has 2 aromatic carbocycles. The predicted molar refractivity (Wildman–Crippen MR) is 111 cm³/mol.